The molecule has 0 radical (unpaired) electrons. The van der Waals surface area contributed by atoms with Crippen molar-refractivity contribution in [2.24, 2.45) is 0 Å². The number of aromatic nitrogens is 1. The molecule has 1 N–H and O–H groups in total. The van der Waals surface area contributed by atoms with Crippen molar-refractivity contribution in [2.45, 2.75) is 13.0 Å². The third kappa shape index (κ3) is 4.46. The van der Waals surface area contributed by atoms with Crippen LogP contribution in [0.25, 0.3) is 11.3 Å². The van der Waals surface area contributed by atoms with Gasteiger partial charge in [0.1, 0.15) is 17.2 Å². The van der Waals surface area contributed by atoms with E-state index >= 15 is 0 Å². The van der Waals surface area contributed by atoms with Gasteiger partial charge in [0.2, 0.25) is 0 Å². The number of carbonyl (C=O) groups is 2. The highest BCUT2D eigenvalue weighted by molar-refractivity contribution is 7.14. The van der Waals surface area contributed by atoms with Crippen molar-refractivity contribution < 1.29 is 23.8 Å². The summed E-state index contributed by atoms with van der Waals surface area (Å²) in [7, 11) is 3.29. The lowest BCUT2D eigenvalue weighted by molar-refractivity contribution is -0.125. The van der Waals surface area contributed by atoms with E-state index in [-0.39, 0.29) is 18.4 Å². The largest absolute Gasteiger partial charge is 0.497 e. The van der Waals surface area contributed by atoms with Gasteiger partial charge in [-0.15, -0.1) is 11.3 Å². The molecule has 160 valence electrons. The van der Waals surface area contributed by atoms with Crippen LogP contribution in [-0.4, -0.2) is 43.7 Å². The fourth-order valence-electron chi connectivity index (χ4n) is 3.13. The van der Waals surface area contributed by atoms with E-state index in [1.54, 1.807) is 50.2 Å². The Morgan fingerprint density at radius 1 is 1.26 bits per heavy atom. The van der Waals surface area contributed by atoms with Crippen molar-refractivity contribution in [1.82, 2.24) is 4.98 Å². The summed E-state index contributed by atoms with van der Waals surface area (Å²) in [5.74, 6) is 1.42. The maximum absolute atomic E-state index is 12.2. The first-order chi connectivity index (χ1) is 14.9. The van der Waals surface area contributed by atoms with E-state index in [0.29, 0.717) is 33.8 Å². The molecule has 2 amide bonds. The molecule has 1 aliphatic heterocycles. The number of rotatable bonds is 6. The Kier molecular flexibility index (Phi) is 5.77. The van der Waals surface area contributed by atoms with Crippen LogP contribution in [0.1, 0.15) is 6.92 Å². The van der Waals surface area contributed by atoms with E-state index in [1.807, 2.05) is 23.6 Å². The molecule has 2 aromatic carbocycles. The Bertz CT molecular complexity index is 1130. The summed E-state index contributed by atoms with van der Waals surface area (Å²) in [6, 6.07) is 12.6. The van der Waals surface area contributed by atoms with Crippen LogP contribution in [0.5, 0.6) is 17.2 Å². The summed E-state index contributed by atoms with van der Waals surface area (Å²) < 4.78 is 16.3. The number of nitrogens with one attached hydrogen (secondary N) is 1. The molecule has 0 saturated heterocycles. The minimum atomic E-state index is -0.511. The van der Waals surface area contributed by atoms with E-state index in [1.165, 1.54) is 11.3 Å². The van der Waals surface area contributed by atoms with Crippen LogP contribution in [0.2, 0.25) is 0 Å². The van der Waals surface area contributed by atoms with Gasteiger partial charge in [-0.25, -0.2) is 4.98 Å². The Balaban J connectivity index is 1.41. The number of hydrogen-bond donors (Lipinski definition) is 1. The molecule has 4 rings (SSSR count). The highest BCUT2D eigenvalue weighted by Gasteiger charge is 2.29. The van der Waals surface area contributed by atoms with Gasteiger partial charge in [-0.1, -0.05) is 6.07 Å². The number of benzene rings is 2. The second-order valence-corrected chi connectivity index (χ2v) is 7.75. The van der Waals surface area contributed by atoms with Gasteiger partial charge < -0.3 is 19.1 Å². The minimum Gasteiger partial charge on any atom is -0.497 e. The second kappa shape index (κ2) is 8.65. The van der Waals surface area contributed by atoms with E-state index in [9.17, 15) is 9.59 Å². The van der Waals surface area contributed by atoms with Gasteiger partial charge in [0.25, 0.3) is 11.8 Å². The smallest absolute Gasteiger partial charge is 0.267 e. The lowest BCUT2D eigenvalue weighted by Gasteiger charge is -2.30. The number of hydrogen-bond acceptors (Lipinski definition) is 7. The third-order valence-corrected chi connectivity index (χ3v) is 5.52. The average molecular weight is 439 g/mol. The highest BCUT2D eigenvalue weighted by atomic mass is 32.1. The summed E-state index contributed by atoms with van der Waals surface area (Å²) >= 11 is 1.31. The number of likely N-dealkylation sites (N-methyl/N-ethyl adjacent to an activating group) is 1. The fraction of sp³-hybridized carbons (Fsp3) is 0.227. The SMILES string of the molecule is COc1cccc(OCC(=O)Nc2nc(-c3ccc4c(c3)N(C)C(=O)C(C)O4)cs2)c1. The molecule has 0 fully saturated rings. The molecule has 1 aliphatic rings. The van der Waals surface area contributed by atoms with Crippen LogP contribution in [0.4, 0.5) is 10.8 Å². The fourth-order valence-corrected chi connectivity index (χ4v) is 3.87. The molecule has 1 aromatic heterocycles. The Hall–Kier alpha value is -3.59. The normalized spacial score (nSPS) is 15.1. The molecular weight excluding hydrogens is 418 g/mol. The Morgan fingerprint density at radius 3 is 2.87 bits per heavy atom. The summed E-state index contributed by atoms with van der Waals surface area (Å²) in [5, 5.41) is 5.04. The number of ether oxygens (including phenoxy) is 3. The standard InChI is InChI=1S/C22H21N3O5S/c1-13-21(27)25(2)18-9-14(7-8-19(18)30-13)17-12-31-22(23-17)24-20(26)11-29-16-6-4-5-15(10-16)28-3/h4-10,12-13H,11H2,1-3H3,(H,23,24,26). The molecule has 3 aromatic rings. The van der Waals surface area contributed by atoms with Crippen molar-refractivity contribution in [2.75, 3.05) is 31.0 Å². The van der Waals surface area contributed by atoms with Crippen LogP contribution in [0.3, 0.4) is 0 Å². The summed E-state index contributed by atoms with van der Waals surface area (Å²) in [6.45, 7) is 1.58. The van der Waals surface area contributed by atoms with Gasteiger partial charge in [0.05, 0.1) is 18.5 Å². The number of carbonyl (C=O) groups excluding carboxylic acids is 2. The monoisotopic (exact) mass is 439 g/mol. The Morgan fingerprint density at radius 2 is 2.06 bits per heavy atom. The van der Waals surface area contributed by atoms with Crippen molar-refractivity contribution in [3.05, 3.63) is 47.8 Å². The number of anilines is 2. The topological polar surface area (TPSA) is 90.0 Å². The number of fused-ring (bicyclic) bond motifs is 1. The first-order valence-electron chi connectivity index (χ1n) is 9.55. The molecule has 0 bridgehead atoms. The number of thiazole rings is 1. The molecule has 0 spiro atoms. The second-order valence-electron chi connectivity index (χ2n) is 6.89. The summed E-state index contributed by atoms with van der Waals surface area (Å²) in [5.41, 5.74) is 2.20. The predicted molar refractivity (Wildman–Crippen MR) is 118 cm³/mol. The van der Waals surface area contributed by atoms with Crippen molar-refractivity contribution >= 4 is 34.0 Å². The molecule has 2 heterocycles. The van der Waals surface area contributed by atoms with Gasteiger partial charge in [-0.05, 0) is 37.3 Å². The predicted octanol–water partition coefficient (Wildman–Crippen LogP) is 3.58. The molecule has 31 heavy (non-hydrogen) atoms. The van der Waals surface area contributed by atoms with Gasteiger partial charge >= 0.3 is 0 Å². The van der Waals surface area contributed by atoms with E-state index in [4.69, 9.17) is 14.2 Å². The highest BCUT2D eigenvalue weighted by Crippen LogP contribution is 2.37. The van der Waals surface area contributed by atoms with E-state index < -0.39 is 6.10 Å². The quantitative estimate of drug-likeness (QED) is 0.631. The van der Waals surface area contributed by atoms with Gasteiger partial charge in [-0.3, -0.25) is 14.9 Å². The number of nitrogens with zero attached hydrogens (tertiary/aromatic N) is 2. The zero-order valence-electron chi connectivity index (χ0n) is 17.2. The molecule has 9 heteroatoms. The molecule has 8 nitrogen and oxygen atoms in total. The summed E-state index contributed by atoms with van der Waals surface area (Å²) in [6.07, 6.45) is -0.511. The maximum atomic E-state index is 12.2. The number of amides is 2. The van der Waals surface area contributed by atoms with Crippen LogP contribution >= 0.6 is 11.3 Å². The maximum Gasteiger partial charge on any atom is 0.267 e. The van der Waals surface area contributed by atoms with E-state index in [0.717, 1.165) is 5.56 Å². The molecular formula is C22H21N3O5S. The van der Waals surface area contributed by atoms with Crippen LogP contribution in [0, 0.1) is 0 Å². The summed E-state index contributed by atoms with van der Waals surface area (Å²) in [4.78, 5) is 30.5. The third-order valence-electron chi connectivity index (χ3n) is 4.76. The molecule has 0 aliphatic carbocycles. The molecule has 1 atom stereocenters. The zero-order valence-corrected chi connectivity index (χ0v) is 18.1. The van der Waals surface area contributed by atoms with Crippen LogP contribution in [-0.2, 0) is 9.59 Å². The number of methoxy groups -OCH3 is 1. The first kappa shape index (κ1) is 20.7. The average Bonchev–Trinajstić information content (AvgIpc) is 3.24. The van der Waals surface area contributed by atoms with Crippen molar-refractivity contribution in [3.8, 4) is 28.5 Å². The van der Waals surface area contributed by atoms with Gasteiger partial charge in [-0.2, -0.15) is 0 Å². The minimum absolute atomic E-state index is 0.105. The molecule has 0 saturated carbocycles. The van der Waals surface area contributed by atoms with Crippen molar-refractivity contribution in [3.63, 3.8) is 0 Å². The van der Waals surface area contributed by atoms with Gasteiger partial charge in [0.15, 0.2) is 17.8 Å². The Labute approximate surface area is 183 Å². The van der Waals surface area contributed by atoms with Crippen LogP contribution in [0.15, 0.2) is 47.8 Å². The lowest BCUT2D eigenvalue weighted by atomic mass is 10.1. The van der Waals surface area contributed by atoms with Crippen molar-refractivity contribution in [1.29, 1.82) is 0 Å². The van der Waals surface area contributed by atoms with E-state index in [2.05, 4.69) is 10.3 Å². The van der Waals surface area contributed by atoms with Crippen LogP contribution < -0.4 is 24.4 Å². The van der Waals surface area contributed by atoms with Gasteiger partial charge in [0, 0.05) is 24.1 Å². The first-order valence-corrected chi connectivity index (χ1v) is 10.4. The molecule has 1 unspecified atom stereocenters. The zero-order chi connectivity index (χ0) is 22.0. The lowest BCUT2D eigenvalue weighted by Crippen LogP contribution is -2.41.